The highest BCUT2D eigenvalue weighted by atomic mass is 16.6. The van der Waals surface area contributed by atoms with Gasteiger partial charge in [-0.25, -0.2) is 0 Å². The Morgan fingerprint density at radius 1 is 0.406 bits per heavy atom. The van der Waals surface area contributed by atoms with E-state index in [4.69, 9.17) is 42.6 Å². The van der Waals surface area contributed by atoms with Crippen LogP contribution in [0.4, 0.5) is 0 Å². The lowest BCUT2D eigenvalue weighted by atomic mass is 10.3. The smallest absolute Gasteiger partial charge is 0.132 e. The Labute approximate surface area is 193 Å². The highest BCUT2D eigenvalue weighted by Crippen LogP contribution is 1.87. The van der Waals surface area contributed by atoms with Crippen LogP contribution < -0.4 is 0 Å². The Bertz CT molecular complexity index is 371. The summed E-state index contributed by atoms with van der Waals surface area (Å²) in [6, 6.07) is 0. The number of ketones is 1. The van der Waals surface area contributed by atoms with Gasteiger partial charge in [0.1, 0.15) is 5.78 Å². The second kappa shape index (κ2) is 28.3. The summed E-state index contributed by atoms with van der Waals surface area (Å²) in [6.07, 6.45) is 0.449. The number of rotatable bonds is 28. The maximum Gasteiger partial charge on any atom is 0.132 e. The quantitative estimate of drug-likeness (QED) is 0.155. The number of hydrogen-bond donors (Lipinski definition) is 0. The second-order valence-electron chi connectivity index (χ2n) is 6.55. The van der Waals surface area contributed by atoms with E-state index >= 15 is 0 Å². The Balaban J connectivity index is 3.00. The van der Waals surface area contributed by atoms with Crippen molar-refractivity contribution in [2.75, 3.05) is 119 Å². The average molecular weight is 469 g/mol. The van der Waals surface area contributed by atoms with Crippen molar-refractivity contribution in [3.63, 3.8) is 0 Å². The lowest BCUT2D eigenvalue weighted by molar-refractivity contribution is -0.118. The number of carbonyl (C=O) groups is 1. The molecule has 0 aromatic heterocycles. The number of carbonyl (C=O) groups excluding carboxylic acids is 1. The van der Waals surface area contributed by atoms with Gasteiger partial charge in [0.15, 0.2) is 0 Å². The number of Topliss-reactive ketones (excluding diaryl/α,β-unsaturated/α-hetero) is 1. The Hall–Kier alpha value is -0.690. The summed E-state index contributed by atoms with van der Waals surface area (Å²) in [6.45, 7) is 13.2. The molecule has 0 aliphatic carbocycles. The predicted molar refractivity (Wildman–Crippen MR) is 118 cm³/mol. The molecule has 0 spiro atoms. The van der Waals surface area contributed by atoms with Crippen LogP contribution in [-0.2, 0) is 47.4 Å². The highest BCUT2D eigenvalue weighted by Gasteiger charge is 1.96. The van der Waals surface area contributed by atoms with Gasteiger partial charge in [0, 0.05) is 13.0 Å². The van der Waals surface area contributed by atoms with Crippen molar-refractivity contribution < 1.29 is 47.4 Å². The maximum atomic E-state index is 10.7. The molecule has 192 valence electrons. The molecule has 0 bridgehead atoms. The van der Waals surface area contributed by atoms with Crippen LogP contribution in [0, 0.1) is 0 Å². The number of ether oxygens (including phenoxy) is 9. The molecular weight excluding hydrogens is 424 g/mol. The molecule has 0 aliphatic heterocycles. The van der Waals surface area contributed by atoms with Crippen LogP contribution in [0.2, 0.25) is 0 Å². The topological polar surface area (TPSA) is 100 Å². The first-order chi connectivity index (χ1) is 15.8. The summed E-state index contributed by atoms with van der Waals surface area (Å²) in [5.74, 6) is 0.131. The third kappa shape index (κ3) is 29.3. The molecule has 32 heavy (non-hydrogen) atoms. The molecule has 0 heterocycles. The van der Waals surface area contributed by atoms with E-state index < -0.39 is 0 Å². The monoisotopic (exact) mass is 468 g/mol. The van der Waals surface area contributed by atoms with Gasteiger partial charge in [-0.15, -0.1) is 0 Å². The standard InChI is InChI=1S/C22H44O10/c1-3-24-6-7-26-10-11-28-14-15-30-18-19-32-21-20-31-17-16-29-13-12-27-9-8-25-5-4-22(2)23/h3-21H2,1-2H3. The van der Waals surface area contributed by atoms with Crippen LogP contribution in [0.1, 0.15) is 20.3 Å². The lowest BCUT2D eigenvalue weighted by Crippen LogP contribution is -2.15. The van der Waals surface area contributed by atoms with Crippen LogP contribution in [0.25, 0.3) is 0 Å². The van der Waals surface area contributed by atoms with Crippen LogP contribution >= 0.6 is 0 Å². The first-order valence-electron chi connectivity index (χ1n) is 11.5. The van der Waals surface area contributed by atoms with E-state index in [1.54, 1.807) is 6.92 Å². The summed E-state index contributed by atoms with van der Waals surface area (Å²) in [5, 5.41) is 0. The molecule has 10 nitrogen and oxygen atoms in total. The summed E-state index contributed by atoms with van der Waals surface area (Å²) in [7, 11) is 0. The van der Waals surface area contributed by atoms with E-state index in [2.05, 4.69) is 0 Å². The molecule has 0 N–H and O–H groups in total. The highest BCUT2D eigenvalue weighted by molar-refractivity contribution is 5.75. The van der Waals surface area contributed by atoms with Gasteiger partial charge in [0.05, 0.1) is 112 Å². The van der Waals surface area contributed by atoms with Gasteiger partial charge in [-0.1, -0.05) is 0 Å². The van der Waals surface area contributed by atoms with Gasteiger partial charge in [0.25, 0.3) is 0 Å². The molecule has 0 unspecified atom stereocenters. The molecule has 0 aliphatic rings. The van der Waals surface area contributed by atoms with Gasteiger partial charge < -0.3 is 42.6 Å². The van der Waals surface area contributed by atoms with Crippen molar-refractivity contribution in [2.45, 2.75) is 20.3 Å². The van der Waals surface area contributed by atoms with E-state index in [1.165, 1.54) is 0 Å². The zero-order valence-corrected chi connectivity index (χ0v) is 20.0. The fourth-order valence-corrected chi connectivity index (χ4v) is 2.12. The molecule has 0 rings (SSSR count). The van der Waals surface area contributed by atoms with Gasteiger partial charge >= 0.3 is 0 Å². The third-order valence-corrected chi connectivity index (χ3v) is 3.78. The van der Waals surface area contributed by atoms with E-state index in [0.29, 0.717) is 125 Å². The average Bonchev–Trinajstić information content (AvgIpc) is 2.78. The van der Waals surface area contributed by atoms with Crippen LogP contribution in [0.5, 0.6) is 0 Å². The van der Waals surface area contributed by atoms with E-state index in [1.807, 2.05) is 6.92 Å². The molecule has 0 aromatic carbocycles. The Kier molecular flexibility index (Phi) is 27.7. The van der Waals surface area contributed by atoms with Crippen molar-refractivity contribution in [1.29, 1.82) is 0 Å². The summed E-state index contributed by atoms with van der Waals surface area (Å²) in [4.78, 5) is 10.7. The van der Waals surface area contributed by atoms with Crippen LogP contribution in [-0.4, -0.2) is 125 Å². The molecule has 0 aromatic rings. The predicted octanol–water partition coefficient (Wildman–Crippen LogP) is 1.13. The molecule has 10 heteroatoms. The molecule has 0 radical (unpaired) electrons. The molecule has 0 fully saturated rings. The zero-order valence-electron chi connectivity index (χ0n) is 20.0. The second-order valence-corrected chi connectivity index (χ2v) is 6.55. The minimum atomic E-state index is 0.131. The van der Waals surface area contributed by atoms with Gasteiger partial charge in [-0.2, -0.15) is 0 Å². The minimum absolute atomic E-state index is 0.131. The fraction of sp³-hybridized carbons (Fsp3) is 0.955. The molecule has 0 saturated heterocycles. The molecule has 0 saturated carbocycles. The van der Waals surface area contributed by atoms with E-state index in [-0.39, 0.29) is 5.78 Å². The third-order valence-electron chi connectivity index (χ3n) is 3.78. The zero-order chi connectivity index (χ0) is 23.4. The fourth-order valence-electron chi connectivity index (χ4n) is 2.12. The van der Waals surface area contributed by atoms with Crippen molar-refractivity contribution >= 4 is 5.78 Å². The van der Waals surface area contributed by atoms with Crippen molar-refractivity contribution in [1.82, 2.24) is 0 Å². The summed E-state index contributed by atoms with van der Waals surface area (Å²) >= 11 is 0. The normalized spacial score (nSPS) is 11.3. The van der Waals surface area contributed by atoms with Crippen LogP contribution in [0.15, 0.2) is 0 Å². The molecular formula is C22H44O10. The first kappa shape index (κ1) is 31.3. The first-order valence-corrected chi connectivity index (χ1v) is 11.5. The van der Waals surface area contributed by atoms with Gasteiger partial charge in [-0.3, -0.25) is 4.79 Å². The largest absolute Gasteiger partial charge is 0.379 e. The van der Waals surface area contributed by atoms with E-state index in [0.717, 1.165) is 0 Å². The van der Waals surface area contributed by atoms with Crippen molar-refractivity contribution in [3.8, 4) is 0 Å². The SMILES string of the molecule is CCOCCOCCOCCOCCOCCOCCOCCOCCOCCC(C)=O. The van der Waals surface area contributed by atoms with Crippen molar-refractivity contribution in [2.24, 2.45) is 0 Å². The number of hydrogen-bond acceptors (Lipinski definition) is 10. The Morgan fingerprint density at radius 2 is 0.625 bits per heavy atom. The molecule has 0 amide bonds. The van der Waals surface area contributed by atoms with E-state index in [9.17, 15) is 4.79 Å². The van der Waals surface area contributed by atoms with Crippen molar-refractivity contribution in [3.05, 3.63) is 0 Å². The Morgan fingerprint density at radius 3 is 0.844 bits per heavy atom. The summed E-state index contributed by atoms with van der Waals surface area (Å²) < 4.78 is 48.2. The maximum absolute atomic E-state index is 10.7. The van der Waals surface area contributed by atoms with Crippen LogP contribution in [0.3, 0.4) is 0 Å². The molecule has 0 atom stereocenters. The van der Waals surface area contributed by atoms with Gasteiger partial charge in [0.2, 0.25) is 0 Å². The minimum Gasteiger partial charge on any atom is -0.379 e. The summed E-state index contributed by atoms with van der Waals surface area (Å²) in [5.41, 5.74) is 0. The lowest BCUT2D eigenvalue weighted by Gasteiger charge is -2.08. The van der Waals surface area contributed by atoms with Gasteiger partial charge in [-0.05, 0) is 13.8 Å².